The lowest BCUT2D eigenvalue weighted by atomic mass is 10.0. The molecule has 128 valence electrons. The molecule has 1 N–H and O–H groups in total. The van der Waals surface area contributed by atoms with E-state index >= 15 is 0 Å². The van der Waals surface area contributed by atoms with Crippen molar-refractivity contribution in [3.8, 4) is 0 Å². The molecule has 2 aromatic carbocycles. The number of nitrogens with zero attached hydrogens (tertiary/aromatic N) is 1. The SMILES string of the molecule is Cc1ccccc1NC(=O)c1ccc(C=C2CN(CC3CC3)C2)cc1. The number of carbonyl (C=O) groups excluding carboxylic acids is 1. The number of nitrogens with one attached hydrogen (secondary N) is 1. The molecule has 25 heavy (non-hydrogen) atoms. The zero-order valence-corrected chi connectivity index (χ0v) is 14.7. The van der Waals surface area contributed by atoms with Gasteiger partial charge in [0.2, 0.25) is 0 Å². The molecule has 3 heteroatoms. The van der Waals surface area contributed by atoms with E-state index in [1.54, 1.807) is 0 Å². The lowest BCUT2D eigenvalue weighted by Gasteiger charge is -2.34. The summed E-state index contributed by atoms with van der Waals surface area (Å²) >= 11 is 0. The normalized spacial score (nSPS) is 17.1. The number of anilines is 1. The Morgan fingerprint density at radius 1 is 1.12 bits per heavy atom. The van der Waals surface area contributed by atoms with E-state index in [4.69, 9.17) is 0 Å². The maximum absolute atomic E-state index is 12.4. The number of hydrogen-bond donors (Lipinski definition) is 1. The van der Waals surface area contributed by atoms with E-state index in [0.29, 0.717) is 5.56 Å². The van der Waals surface area contributed by atoms with Gasteiger partial charge in [-0.25, -0.2) is 0 Å². The summed E-state index contributed by atoms with van der Waals surface area (Å²) in [4.78, 5) is 14.9. The summed E-state index contributed by atoms with van der Waals surface area (Å²) in [5, 5.41) is 2.98. The molecular formula is C22H24N2O. The number of carbonyl (C=O) groups is 1. The minimum absolute atomic E-state index is 0.0623. The first-order valence-electron chi connectivity index (χ1n) is 9.06. The predicted octanol–water partition coefficient (Wildman–Crippen LogP) is 4.36. The molecule has 4 rings (SSSR count). The summed E-state index contributed by atoms with van der Waals surface area (Å²) in [6.45, 7) is 5.48. The number of para-hydroxylation sites is 1. The molecule has 0 atom stereocenters. The van der Waals surface area contributed by atoms with Crippen molar-refractivity contribution >= 4 is 17.7 Å². The topological polar surface area (TPSA) is 32.3 Å². The predicted molar refractivity (Wildman–Crippen MR) is 103 cm³/mol. The van der Waals surface area contributed by atoms with Gasteiger partial charge in [0, 0.05) is 30.9 Å². The second kappa shape index (κ2) is 6.85. The first kappa shape index (κ1) is 16.1. The zero-order chi connectivity index (χ0) is 17.2. The second-order valence-electron chi connectivity index (χ2n) is 7.31. The monoisotopic (exact) mass is 332 g/mol. The van der Waals surface area contributed by atoms with E-state index in [0.717, 1.165) is 30.3 Å². The third-order valence-electron chi connectivity index (χ3n) is 5.00. The summed E-state index contributed by atoms with van der Waals surface area (Å²) in [5.74, 6) is 0.903. The van der Waals surface area contributed by atoms with Gasteiger partial charge in [0.25, 0.3) is 5.91 Å². The number of hydrogen-bond acceptors (Lipinski definition) is 2. The fraction of sp³-hybridized carbons (Fsp3) is 0.318. The van der Waals surface area contributed by atoms with Gasteiger partial charge in [0.05, 0.1) is 0 Å². The summed E-state index contributed by atoms with van der Waals surface area (Å²) in [5.41, 5.74) is 5.28. The van der Waals surface area contributed by atoms with Crippen LogP contribution >= 0.6 is 0 Å². The van der Waals surface area contributed by atoms with Crippen LogP contribution in [-0.2, 0) is 0 Å². The van der Waals surface area contributed by atoms with E-state index in [-0.39, 0.29) is 5.91 Å². The maximum Gasteiger partial charge on any atom is 0.255 e. The number of aryl methyl sites for hydroxylation is 1. The van der Waals surface area contributed by atoms with Crippen LogP contribution in [0.25, 0.3) is 6.08 Å². The van der Waals surface area contributed by atoms with Crippen molar-refractivity contribution < 1.29 is 4.79 Å². The third kappa shape index (κ3) is 3.99. The Morgan fingerprint density at radius 2 is 1.84 bits per heavy atom. The average Bonchev–Trinajstić information content (AvgIpc) is 3.40. The van der Waals surface area contributed by atoms with Crippen molar-refractivity contribution in [2.45, 2.75) is 19.8 Å². The molecule has 2 fully saturated rings. The highest BCUT2D eigenvalue weighted by Gasteiger charge is 2.28. The van der Waals surface area contributed by atoms with Crippen LogP contribution in [0.3, 0.4) is 0 Å². The first-order chi connectivity index (χ1) is 12.2. The lowest BCUT2D eigenvalue weighted by molar-refractivity contribution is 0.102. The van der Waals surface area contributed by atoms with Gasteiger partial charge in [0.15, 0.2) is 0 Å². The average molecular weight is 332 g/mol. The van der Waals surface area contributed by atoms with Crippen LogP contribution in [-0.4, -0.2) is 30.4 Å². The van der Waals surface area contributed by atoms with E-state index in [1.165, 1.54) is 30.5 Å². The molecule has 0 spiro atoms. The van der Waals surface area contributed by atoms with Gasteiger partial charge in [-0.3, -0.25) is 9.69 Å². The minimum Gasteiger partial charge on any atom is -0.322 e. The maximum atomic E-state index is 12.4. The van der Waals surface area contributed by atoms with E-state index in [9.17, 15) is 4.79 Å². The van der Waals surface area contributed by atoms with Crippen LogP contribution < -0.4 is 5.32 Å². The van der Waals surface area contributed by atoms with E-state index < -0.39 is 0 Å². The fourth-order valence-electron chi connectivity index (χ4n) is 3.29. The molecular weight excluding hydrogens is 308 g/mol. The van der Waals surface area contributed by atoms with Crippen molar-refractivity contribution in [1.82, 2.24) is 4.90 Å². The molecule has 1 saturated heterocycles. The molecule has 1 aliphatic carbocycles. The Morgan fingerprint density at radius 3 is 2.52 bits per heavy atom. The Hall–Kier alpha value is -2.39. The molecule has 3 nitrogen and oxygen atoms in total. The van der Waals surface area contributed by atoms with Gasteiger partial charge < -0.3 is 5.32 Å². The van der Waals surface area contributed by atoms with Gasteiger partial charge in [-0.1, -0.05) is 36.4 Å². The van der Waals surface area contributed by atoms with E-state index in [1.807, 2.05) is 55.5 Å². The smallest absolute Gasteiger partial charge is 0.255 e. The van der Waals surface area contributed by atoms with Crippen LogP contribution in [0.5, 0.6) is 0 Å². The van der Waals surface area contributed by atoms with Crippen molar-refractivity contribution in [3.05, 3.63) is 70.8 Å². The molecule has 1 saturated carbocycles. The molecule has 1 amide bonds. The molecule has 2 aromatic rings. The molecule has 1 aliphatic heterocycles. The largest absolute Gasteiger partial charge is 0.322 e. The lowest BCUT2D eigenvalue weighted by Crippen LogP contribution is -2.41. The Balaban J connectivity index is 1.35. The molecule has 2 aliphatic rings. The Labute approximate surface area is 149 Å². The van der Waals surface area contributed by atoms with Gasteiger partial charge in [-0.15, -0.1) is 0 Å². The minimum atomic E-state index is -0.0623. The van der Waals surface area contributed by atoms with Crippen molar-refractivity contribution in [1.29, 1.82) is 0 Å². The van der Waals surface area contributed by atoms with E-state index in [2.05, 4.69) is 16.3 Å². The highest BCUT2D eigenvalue weighted by molar-refractivity contribution is 6.04. The number of amides is 1. The Kier molecular flexibility index (Phi) is 4.41. The summed E-state index contributed by atoms with van der Waals surface area (Å²) in [6.07, 6.45) is 5.09. The highest BCUT2D eigenvalue weighted by Crippen LogP contribution is 2.32. The van der Waals surface area contributed by atoms with Gasteiger partial charge in [-0.2, -0.15) is 0 Å². The first-order valence-corrected chi connectivity index (χ1v) is 9.06. The third-order valence-corrected chi connectivity index (χ3v) is 5.00. The number of rotatable bonds is 5. The van der Waals surface area contributed by atoms with Crippen LogP contribution in [0.4, 0.5) is 5.69 Å². The Bertz CT molecular complexity index is 795. The molecule has 0 aromatic heterocycles. The van der Waals surface area contributed by atoms with Crippen LogP contribution in [0, 0.1) is 12.8 Å². The van der Waals surface area contributed by atoms with Crippen LogP contribution in [0.1, 0.15) is 34.3 Å². The highest BCUT2D eigenvalue weighted by atomic mass is 16.1. The molecule has 0 unspecified atom stereocenters. The summed E-state index contributed by atoms with van der Waals surface area (Å²) < 4.78 is 0. The quantitative estimate of drug-likeness (QED) is 0.882. The molecule has 1 heterocycles. The van der Waals surface area contributed by atoms with Crippen molar-refractivity contribution in [3.63, 3.8) is 0 Å². The number of likely N-dealkylation sites (tertiary alicyclic amines) is 1. The van der Waals surface area contributed by atoms with Crippen molar-refractivity contribution in [2.24, 2.45) is 5.92 Å². The van der Waals surface area contributed by atoms with Gasteiger partial charge in [0.1, 0.15) is 0 Å². The standard InChI is InChI=1S/C22H24N2O/c1-16-4-2-3-5-21(16)23-22(25)20-10-8-17(9-11-20)12-19-14-24(15-19)13-18-6-7-18/h2-5,8-12,18H,6-7,13-15H2,1H3,(H,23,25). The summed E-state index contributed by atoms with van der Waals surface area (Å²) in [6, 6.07) is 15.7. The fourth-order valence-corrected chi connectivity index (χ4v) is 3.29. The van der Waals surface area contributed by atoms with Crippen LogP contribution in [0.2, 0.25) is 0 Å². The van der Waals surface area contributed by atoms with Gasteiger partial charge >= 0.3 is 0 Å². The summed E-state index contributed by atoms with van der Waals surface area (Å²) in [7, 11) is 0. The molecule has 0 radical (unpaired) electrons. The van der Waals surface area contributed by atoms with Gasteiger partial charge in [-0.05, 0) is 60.6 Å². The second-order valence-corrected chi connectivity index (χ2v) is 7.31. The zero-order valence-electron chi connectivity index (χ0n) is 14.7. The van der Waals surface area contributed by atoms with Crippen molar-refractivity contribution in [2.75, 3.05) is 25.0 Å². The number of benzene rings is 2. The van der Waals surface area contributed by atoms with Crippen LogP contribution in [0.15, 0.2) is 54.1 Å². The molecule has 0 bridgehead atoms.